The molecule has 0 fully saturated rings. The van der Waals surface area contributed by atoms with Gasteiger partial charge in [0.05, 0.1) is 0 Å². The number of nitroso groups, excluding NO2 is 1. The molecule has 0 saturated carbocycles. The normalized spacial score (nSPS) is 10.6. The van der Waals surface area contributed by atoms with Gasteiger partial charge >= 0.3 is 0 Å². The molecule has 2 heterocycles. The van der Waals surface area contributed by atoms with Crippen molar-refractivity contribution < 1.29 is 0 Å². The summed E-state index contributed by atoms with van der Waals surface area (Å²) in [5.41, 5.74) is 2.45. The summed E-state index contributed by atoms with van der Waals surface area (Å²) in [5, 5.41) is 7.20. The average Bonchev–Trinajstić information content (AvgIpc) is 2.80. The van der Waals surface area contributed by atoms with Gasteiger partial charge in [-0.3, -0.25) is 0 Å². The number of fused-ring (bicyclic) bond motifs is 1. The van der Waals surface area contributed by atoms with Gasteiger partial charge in [0.15, 0.2) is 0 Å². The van der Waals surface area contributed by atoms with Gasteiger partial charge in [0.1, 0.15) is 11.5 Å². The Hall–Kier alpha value is -2.69. The Morgan fingerprint density at radius 1 is 1.21 bits per heavy atom. The van der Waals surface area contributed by atoms with Crippen LogP contribution in [0.4, 0.5) is 17.2 Å². The predicted octanol–water partition coefficient (Wildman–Crippen LogP) is 3.71. The number of benzene rings is 1. The second-order valence-electron chi connectivity index (χ2n) is 4.32. The van der Waals surface area contributed by atoms with E-state index in [9.17, 15) is 4.91 Å². The van der Waals surface area contributed by atoms with Crippen LogP contribution in [0.1, 0.15) is 0 Å². The first kappa shape index (κ1) is 11.4. The molecule has 2 aromatic heterocycles. The van der Waals surface area contributed by atoms with Crippen LogP contribution in [0.25, 0.3) is 10.9 Å². The fraction of sp³-hybridized carbons (Fsp3) is 0.0714. The number of aryl methyl sites for hydroxylation is 1. The highest BCUT2D eigenvalue weighted by molar-refractivity contribution is 5.84. The van der Waals surface area contributed by atoms with Crippen LogP contribution in [-0.2, 0) is 7.05 Å². The van der Waals surface area contributed by atoms with Crippen molar-refractivity contribution in [1.82, 2.24) is 9.55 Å². The van der Waals surface area contributed by atoms with Gasteiger partial charge in [-0.05, 0) is 35.5 Å². The number of anilines is 2. The molecule has 0 amide bonds. The third-order valence-corrected chi connectivity index (χ3v) is 3.01. The molecule has 1 N–H and O–H groups in total. The van der Waals surface area contributed by atoms with Crippen molar-refractivity contribution in [2.75, 3.05) is 5.32 Å². The van der Waals surface area contributed by atoms with Gasteiger partial charge in [-0.2, -0.15) is 0 Å². The van der Waals surface area contributed by atoms with Crippen LogP contribution >= 0.6 is 0 Å². The SMILES string of the molecule is Cn1ccc2cc(Nc3cc(N=O)ccn3)ccc21. The molecule has 0 aliphatic carbocycles. The van der Waals surface area contributed by atoms with Gasteiger partial charge < -0.3 is 9.88 Å². The van der Waals surface area contributed by atoms with E-state index in [4.69, 9.17) is 0 Å². The third kappa shape index (κ3) is 2.18. The zero-order valence-electron chi connectivity index (χ0n) is 10.4. The monoisotopic (exact) mass is 252 g/mol. The van der Waals surface area contributed by atoms with Gasteiger partial charge in [-0.1, -0.05) is 0 Å². The summed E-state index contributed by atoms with van der Waals surface area (Å²) in [7, 11) is 2.01. The molecular formula is C14H12N4O. The number of rotatable bonds is 3. The molecule has 3 rings (SSSR count). The maximum absolute atomic E-state index is 10.5. The van der Waals surface area contributed by atoms with Crippen molar-refractivity contribution in [2.24, 2.45) is 12.2 Å². The van der Waals surface area contributed by atoms with E-state index in [1.807, 2.05) is 31.4 Å². The largest absolute Gasteiger partial charge is 0.351 e. The van der Waals surface area contributed by atoms with Crippen LogP contribution < -0.4 is 5.32 Å². The highest BCUT2D eigenvalue weighted by Gasteiger charge is 2.02. The quantitative estimate of drug-likeness (QED) is 0.723. The minimum Gasteiger partial charge on any atom is -0.351 e. The molecule has 0 atom stereocenters. The number of pyridine rings is 1. The number of hydrogen-bond acceptors (Lipinski definition) is 4. The summed E-state index contributed by atoms with van der Waals surface area (Å²) in [6.07, 6.45) is 3.57. The smallest absolute Gasteiger partial charge is 0.132 e. The molecule has 0 aliphatic rings. The molecule has 0 saturated heterocycles. The van der Waals surface area contributed by atoms with Crippen molar-refractivity contribution in [3.63, 3.8) is 0 Å². The maximum Gasteiger partial charge on any atom is 0.132 e. The fourth-order valence-electron chi connectivity index (χ4n) is 2.05. The van der Waals surface area contributed by atoms with Crippen LogP contribution in [0.15, 0.2) is 54.0 Å². The summed E-state index contributed by atoms with van der Waals surface area (Å²) >= 11 is 0. The summed E-state index contributed by atoms with van der Waals surface area (Å²) in [6.45, 7) is 0. The van der Waals surface area contributed by atoms with E-state index in [-0.39, 0.29) is 0 Å². The van der Waals surface area contributed by atoms with Crippen molar-refractivity contribution in [1.29, 1.82) is 0 Å². The topological polar surface area (TPSA) is 59.3 Å². The second-order valence-corrected chi connectivity index (χ2v) is 4.32. The van der Waals surface area contributed by atoms with Crippen LogP contribution in [-0.4, -0.2) is 9.55 Å². The Morgan fingerprint density at radius 3 is 2.95 bits per heavy atom. The van der Waals surface area contributed by atoms with E-state index in [0.717, 1.165) is 11.1 Å². The zero-order chi connectivity index (χ0) is 13.2. The maximum atomic E-state index is 10.5. The Labute approximate surface area is 109 Å². The minimum atomic E-state index is 0.360. The lowest BCUT2D eigenvalue weighted by molar-refractivity contribution is 0.969. The van der Waals surface area contributed by atoms with Gasteiger partial charge in [0.25, 0.3) is 0 Å². The van der Waals surface area contributed by atoms with E-state index >= 15 is 0 Å². The summed E-state index contributed by atoms with van der Waals surface area (Å²) < 4.78 is 2.06. The lowest BCUT2D eigenvalue weighted by atomic mass is 10.2. The molecule has 5 heteroatoms. The van der Waals surface area contributed by atoms with E-state index < -0.39 is 0 Å². The van der Waals surface area contributed by atoms with Crippen molar-refractivity contribution in [3.05, 3.63) is 53.7 Å². The summed E-state index contributed by atoms with van der Waals surface area (Å²) in [5.74, 6) is 0.604. The molecule has 0 unspecified atom stereocenters. The number of aromatic nitrogens is 2. The van der Waals surface area contributed by atoms with E-state index in [1.54, 1.807) is 18.3 Å². The second kappa shape index (κ2) is 4.53. The molecule has 5 nitrogen and oxygen atoms in total. The van der Waals surface area contributed by atoms with Crippen molar-refractivity contribution in [3.8, 4) is 0 Å². The Kier molecular flexibility index (Phi) is 2.72. The van der Waals surface area contributed by atoms with Gasteiger partial charge in [0, 0.05) is 42.1 Å². The Bertz CT molecular complexity index is 748. The molecular weight excluding hydrogens is 240 g/mol. The lowest BCUT2D eigenvalue weighted by Crippen LogP contribution is -1.92. The molecule has 0 spiro atoms. The lowest BCUT2D eigenvalue weighted by Gasteiger charge is -2.06. The number of nitrogens with zero attached hydrogens (tertiary/aromatic N) is 3. The molecule has 0 bridgehead atoms. The molecule has 0 radical (unpaired) electrons. The first-order valence-corrected chi connectivity index (χ1v) is 5.88. The third-order valence-electron chi connectivity index (χ3n) is 3.01. The number of hydrogen-bond donors (Lipinski definition) is 1. The van der Waals surface area contributed by atoms with E-state index in [2.05, 4.69) is 26.1 Å². The van der Waals surface area contributed by atoms with Crippen LogP contribution in [0.5, 0.6) is 0 Å². The number of nitrogens with one attached hydrogen (secondary N) is 1. The first-order chi connectivity index (χ1) is 9.26. The van der Waals surface area contributed by atoms with Gasteiger partial charge in [-0.25, -0.2) is 4.98 Å². The first-order valence-electron chi connectivity index (χ1n) is 5.88. The molecule has 0 aliphatic heterocycles. The molecule has 3 aromatic rings. The minimum absolute atomic E-state index is 0.360. The molecule has 1 aromatic carbocycles. The van der Waals surface area contributed by atoms with E-state index in [0.29, 0.717) is 11.5 Å². The molecule has 94 valence electrons. The fourth-order valence-corrected chi connectivity index (χ4v) is 2.05. The standard InChI is InChI=1S/C14H12N4O/c1-18-7-5-10-8-11(2-3-13(10)18)16-14-9-12(17-19)4-6-15-14/h2-9H,1H3,(H,15,16). The van der Waals surface area contributed by atoms with Gasteiger partial charge in [0.2, 0.25) is 0 Å². The summed E-state index contributed by atoms with van der Waals surface area (Å²) in [6, 6.07) is 11.3. The van der Waals surface area contributed by atoms with Crippen LogP contribution in [0.2, 0.25) is 0 Å². The zero-order valence-corrected chi connectivity index (χ0v) is 10.4. The van der Waals surface area contributed by atoms with Crippen LogP contribution in [0.3, 0.4) is 0 Å². The highest BCUT2D eigenvalue weighted by Crippen LogP contribution is 2.23. The Balaban J connectivity index is 1.93. The summed E-state index contributed by atoms with van der Waals surface area (Å²) in [4.78, 5) is 14.6. The van der Waals surface area contributed by atoms with E-state index in [1.165, 1.54) is 5.52 Å². The van der Waals surface area contributed by atoms with Gasteiger partial charge in [-0.15, -0.1) is 4.91 Å². The average molecular weight is 252 g/mol. The highest BCUT2D eigenvalue weighted by atomic mass is 16.3. The molecule has 19 heavy (non-hydrogen) atoms. The Morgan fingerprint density at radius 2 is 2.11 bits per heavy atom. The van der Waals surface area contributed by atoms with Crippen molar-refractivity contribution in [2.45, 2.75) is 0 Å². The predicted molar refractivity (Wildman–Crippen MR) is 75.9 cm³/mol. The van der Waals surface area contributed by atoms with Crippen LogP contribution in [0, 0.1) is 4.91 Å². The van der Waals surface area contributed by atoms with Crippen molar-refractivity contribution >= 4 is 28.1 Å².